The number of rotatable bonds is 3. The Morgan fingerprint density at radius 3 is 2.43 bits per heavy atom. The first-order chi connectivity index (χ1) is 10.1. The Morgan fingerprint density at radius 1 is 1.19 bits per heavy atom. The van der Waals surface area contributed by atoms with Crippen LogP contribution < -0.4 is 0 Å². The molecule has 0 radical (unpaired) electrons. The molecule has 0 aliphatic carbocycles. The Kier molecular flexibility index (Phi) is 6.45. The number of nitrogens with zero attached hydrogens (tertiary/aromatic N) is 2. The standard InChI is InChI=1S/C19H18N2/c1-5-7-18(19(8-6-2)15(3)4)10-9-16-11-17(12-20)14-21-13-16/h5-8,11,13-14H,3H2,1-2,4H3/b7-5-,8-6-,19-18+. The molecule has 2 nitrogen and oxygen atoms in total. The Hall–Kier alpha value is -2.84. The SMILES string of the molecule is C=C(C)C(/C=C\C)=C(C#Cc1cncc(C#N)c1)\C=C/C. The maximum atomic E-state index is 8.88. The molecule has 0 N–H and O–H groups in total. The van der Waals surface area contributed by atoms with Crippen LogP contribution in [0.5, 0.6) is 0 Å². The predicted octanol–water partition coefficient (Wildman–Crippen LogP) is 4.33. The summed E-state index contributed by atoms with van der Waals surface area (Å²) in [6, 6.07) is 3.79. The summed E-state index contributed by atoms with van der Waals surface area (Å²) in [6.07, 6.45) is 11.0. The molecule has 0 aromatic carbocycles. The van der Waals surface area contributed by atoms with E-state index in [1.165, 1.54) is 6.20 Å². The topological polar surface area (TPSA) is 36.7 Å². The van der Waals surface area contributed by atoms with Gasteiger partial charge in [-0.25, -0.2) is 0 Å². The highest BCUT2D eigenvalue weighted by atomic mass is 14.6. The van der Waals surface area contributed by atoms with Crippen LogP contribution in [-0.4, -0.2) is 4.98 Å². The smallest absolute Gasteiger partial charge is 0.101 e. The molecule has 104 valence electrons. The molecular formula is C19H18N2. The Balaban J connectivity index is 3.33. The average molecular weight is 274 g/mol. The molecule has 0 unspecified atom stereocenters. The van der Waals surface area contributed by atoms with E-state index in [-0.39, 0.29) is 0 Å². The molecule has 0 amide bonds. The fourth-order valence-corrected chi connectivity index (χ4v) is 1.70. The van der Waals surface area contributed by atoms with Crippen molar-refractivity contribution >= 4 is 0 Å². The molecule has 1 heterocycles. The van der Waals surface area contributed by atoms with Gasteiger partial charge in [-0.05, 0) is 38.0 Å². The van der Waals surface area contributed by atoms with Crippen LogP contribution in [0.15, 0.2) is 66.1 Å². The maximum absolute atomic E-state index is 8.88. The van der Waals surface area contributed by atoms with Crippen LogP contribution in [0.25, 0.3) is 0 Å². The zero-order valence-electron chi connectivity index (χ0n) is 12.6. The molecule has 0 saturated heterocycles. The molecule has 1 aromatic rings. The Bertz CT molecular complexity index is 714. The fourth-order valence-electron chi connectivity index (χ4n) is 1.70. The first kappa shape index (κ1) is 16.2. The Labute approximate surface area is 126 Å². The molecule has 0 atom stereocenters. The van der Waals surface area contributed by atoms with Crippen molar-refractivity contribution in [2.45, 2.75) is 20.8 Å². The van der Waals surface area contributed by atoms with E-state index in [0.29, 0.717) is 5.56 Å². The van der Waals surface area contributed by atoms with Gasteiger partial charge >= 0.3 is 0 Å². The van der Waals surface area contributed by atoms with Crippen molar-refractivity contribution in [3.8, 4) is 17.9 Å². The van der Waals surface area contributed by atoms with E-state index in [4.69, 9.17) is 5.26 Å². The van der Waals surface area contributed by atoms with E-state index in [2.05, 4.69) is 29.5 Å². The molecule has 0 saturated carbocycles. The van der Waals surface area contributed by atoms with Gasteiger partial charge in [0, 0.05) is 23.5 Å². The monoisotopic (exact) mass is 274 g/mol. The first-order valence-corrected chi connectivity index (χ1v) is 6.65. The lowest BCUT2D eigenvalue weighted by molar-refractivity contribution is 1.29. The molecule has 0 aliphatic rings. The highest BCUT2D eigenvalue weighted by Gasteiger charge is 2.00. The number of hydrogen-bond donors (Lipinski definition) is 0. The second kappa shape index (κ2) is 8.35. The van der Waals surface area contributed by atoms with Gasteiger partial charge in [0.25, 0.3) is 0 Å². The Morgan fingerprint density at radius 2 is 1.86 bits per heavy atom. The number of hydrogen-bond acceptors (Lipinski definition) is 2. The van der Waals surface area contributed by atoms with E-state index >= 15 is 0 Å². The third-order valence-electron chi connectivity index (χ3n) is 2.63. The van der Waals surface area contributed by atoms with Gasteiger partial charge in [-0.15, -0.1) is 0 Å². The van der Waals surface area contributed by atoms with Crippen molar-refractivity contribution in [3.05, 3.63) is 77.2 Å². The van der Waals surface area contributed by atoms with Gasteiger partial charge in [0.05, 0.1) is 5.56 Å². The zero-order valence-corrected chi connectivity index (χ0v) is 12.6. The molecule has 0 bridgehead atoms. The number of pyridine rings is 1. The zero-order chi connectivity index (χ0) is 15.7. The minimum atomic E-state index is 0.506. The summed E-state index contributed by atoms with van der Waals surface area (Å²) < 4.78 is 0. The summed E-state index contributed by atoms with van der Waals surface area (Å²) in [7, 11) is 0. The molecular weight excluding hydrogens is 256 g/mol. The summed E-state index contributed by atoms with van der Waals surface area (Å²) in [5, 5.41) is 8.88. The highest BCUT2D eigenvalue weighted by molar-refractivity contribution is 5.55. The molecule has 21 heavy (non-hydrogen) atoms. The molecule has 2 heteroatoms. The van der Waals surface area contributed by atoms with Gasteiger partial charge in [0.1, 0.15) is 6.07 Å². The van der Waals surface area contributed by atoms with Crippen molar-refractivity contribution in [1.82, 2.24) is 4.98 Å². The van der Waals surface area contributed by atoms with E-state index < -0.39 is 0 Å². The predicted molar refractivity (Wildman–Crippen MR) is 87.3 cm³/mol. The average Bonchev–Trinajstić information content (AvgIpc) is 2.49. The third kappa shape index (κ3) is 4.97. The number of nitriles is 1. The van der Waals surface area contributed by atoms with Crippen molar-refractivity contribution < 1.29 is 0 Å². The molecule has 0 aliphatic heterocycles. The molecule has 1 aromatic heterocycles. The van der Waals surface area contributed by atoms with Crippen LogP contribution in [0.3, 0.4) is 0 Å². The highest BCUT2D eigenvalue weighted by Crippen LogP contribution is 2.16. The lowest BCUT2D eigenvalue weighted by atomic mass is 10.0. The minimum absolute atomic E-state index is 0.506. The van der Waals surface area contributed by atoms with Gasteiger partial charge in [-0.1, -0.05) is 42.7 Å². The largest absolute Gasteiger partial charge is 0.262 e. The van der Waals surface area contributed by atoms with Crippen molar-refractivity contribution in [1.29, 1.82) is 5.26 Å². The summed E-state index contributed by atoms with van der Waals surface area (Å²) in [5.41, 5.74) is 4.09. The van der Waals surface area contributed by atoms with E-state index in [1.54, 1.807) is 12.3 Å². The molecule has 0 fully saturated rings. The van der Waals surface area contributed by atoms with Crippen molar-refractivity contribution in [3.63, 3.8) is 0 Å². The second-order valence-corrected chi connectivity index (χ2v) is 4.43. The normalized spacial score (nSPS) is 11.7. The summed E-state index contributed by atoms with van der Waals surface area (Å²) >= 11 is 0. The fraction of sp³-hybridized carbons (Fsp3) is 0.158. The number of allylic oxidation sites excluding steroid dienone is 7. The molecule has 0 spiro atoms. The number of aromatic nitrogens is 1. The maximum Gasteiger partial charge on any atom is 0.101 e. The van der Waals surface area contributed by atoms with Crippen LogP contribution in [0, 0.1) is 23.2 Å². The van der Waals surface area contributed by atoms with Gasteiger partial charge < -0.3 is 0 Å². The summed E-state index contributed by atoms with van der Waals surface area (Å²) in [6.45, 7) is 9.86. The lowest BCUT2D eigenvalue weighted by Crippen LogP contribution is -1.87. The minimum Gasteiger partial charge on any atom is -0.262 e. The quantitative estimate of drug-likeness (QED) is 0.607. The van der Waals surface area contributed by atoms with Crippen LogP contribution in [0.2, 0.25) is 0 Å². The van der Waals surface area contributed by atoms with E-state index in [9.17, 15) is 0 Å². The second-order valence-electron chi connectivity index (χ2n) is 4.43. The van der Waals surface area contributed by atoms with Crippen LogP contribution in [0.4, 0.5) is 0 Å². The summed E-state index contributed by atoms with van der Waals surface area (Å²) in [4.78, 5) is 4.01. The first-order valence-electron chi connectivity index (χ1n) is 6.65. The van der Waals surface area contributed by atoms with Crippen molar-refractivity contribution in [2.75, 3.05) is 0 Å². The van der Waals surface area contributed by atoms with Gasteiger partial charge in [0.2, 0.25) is 0 Å². The van der Waals surface area contributed by atoms with Crippen LogP contribution in [-0.2, 0) is 0 Å². The molecule has 1 rings (SSSR count). The third-order valence-corrected chi connectivity index (χ3v) is 2.63. The van der Waals surface area contributed by atoms with E-state index in [1.807, 2.05) is 45.1 Å². The summed E-state index contributed by atoms with van der Waals surface area (Å²) in [5.74, 6) is 6.19. The van der Waals surface area contributed by atoms with Gasteiger partial charge in [-0.3, -0.25) is 4.98 Å². The van der Waals surface area contributed by atoms with E-state index in [0.717, 1.165) is 22.3 Å². The van der Waals surface area contributed by atoms with Crippen LogP contribution >= 0.6 is 0 Å². The van der Waals surface area contributed by atoms with Gasteiger partial charge in [0.15, 0.2) is 0 Å². The lowest BCUT2D eigenvalue weighted by Gasteiger charge is -2.03. The van der Waals surface area contributed by atoms with Crippen molar-refractivity contribution in [2.24, 2.45) is 0 Å². The van der Waals surface area contributed by atoms with Gasteiger partial charge in [-0.2, -0.15) is 5.26 Å². The van der Waals surface area contributed by atoms with Crippen LogP contribution in [0.1, 0.15) is 31.9 Å².